The van der Waals surface area contributed by atoms with E-state index in [1.807, 2.05) is 49.4 Å². The van der Waals surface area contributed by atoms with E-state index in [0.29, 0.717) is 18.7 Å². The number of hydrogen-bond donors (Lipinski definition) is 2. The summed E-state index contributed by atoms with van der Waals surface area (Å²) in [5, 5.41) is 17.6. The number of rotatable bonds is 8. The van der Waals surface area contributed by atoms with Crippen LogP contribution in [0.15, 0.2) is 53.3 Å². The lowest BCUT2D eigenvalue weighted by atomic mass is 9.96. The van der Waals surface area contributed by atoms with Gasteiger partial charge in [0.05, 0.1) is 5.69 Å². The lowest BCUT2D eigenvalue weighted by Crippen LogP contribution is -2.52. The van der Waals surface area contributed by atoms with Crippen LogP contribution in [-0.2, 0) is 27.3 Å². The lowest BCUT2D eigenvalue weighted by molar-refractivity contribution is -0.131. The predicted octanol–water partition coefficient (Wildman–Crippen LogP) is 3.72. The Morgan fingerprint density at radius 2 is 1.90 bits per heavy atom. The number of carbonyl (C=O) groups excluding carboxylic acids is 3. The normalized spacial score (nSPS) is 17.7. The Hall–Kier alpha value is -3.80. The van der Waals surface area contributed by atoms with E-state index in [1.54, 1.807) is 27.7 Å². The second-order valence-corrected chi connectivity index (χ2v) is 12.3. The molecule has 0 unspecified atom stereocenters. The molecule has 1 aromatic heterocycles. The average molecular weight is 627 g/mol. The van der Waals surface area contributed by atoms with Crippen LogP contribution in [0.4, 0.5) is 4.79 Å². The van der Waals surface area contributed by atoms with Crippen LogP contribution < -0.4 is 10.6 Å². The highest BCUT2D eigenvalue weighted by Crippen LogP contribution is 2.29. The number of aromatic nitrogens is 4. The molecule has 1 fully saturated rings. The van der Waals surface area contributed by atoms with Gasteiger partial charge in [0.1, 0.15) is 17.7 Å². The Morgan fingerprint density at radius 1 is 1.17 bits per heavy atom. The molecule has 12 heteroatoms. The molecule has 0 aliphatic carbocycles. The first-order valence-electron chi connectivity index (χ1n) is 13.6. The van der Waals surface area contributed by atoms with Crippen LogP contribution in [0.3, 0.4) is 0 Å². The van der Waals surface area contributed by atoms with Crippen molar-refractivity contribution in [3.05, 3.63) is 70.0 Å². The number of amides is 3. The number of benzene rings is 2. The summed E-state index contributed by atoms with van der Waals surface area (Å²) in [5.41, 5.74) is 2.83. The highest BCUT2D eigenvalue weighted by atomic mass is 79.9. The number of nitrogens with one attached hydrogen (secondary N) is 2. The van der Waals surface area contributed by atoms with Crippen LogP contribution in [0, 0.1) is 12.8 Å². The Balaban J connectivity index is 1.42. The zero-order chi connectivity index (χ0) is 29.7. The van der Waals surface area contributed by atoms with Gasteiger partial charge in [0.25, 0.3) is 0 Å². The third kappa shape index (κ3) is 7.90. The van der Waals surface area contributed by atoms with Gasteiger partial charge in [-0.25, -0.2) is 4.79 Å². The predicted molar refractivity (Wildman–Crippen MR) is 156 cm³/mol. The molecule has 11 nitrogen and oxygen atoms in total. The van der Waals surface area contributed by atoms with Crippen molar-refractivity contribution in [3.63, 3.8) is 0 Å². The van der Waals surface area contributed by atoms with Crippen molar-refractivity contribution in [1.82, 2.24) is 35.7 Å². The minimum Gasteiger partial charge on any atom is -0.444 e. The maximum Gasteiger partial charge on any atom is 0.410 e. The van der Waals surface area contributed by atoms with E-state index < -0.39 is 23.8 Å². The van der Waals surface area contributed by atoms with Gasteiger partial charge in [-0.05, 0) is 81.9 Å². The Bertz CT molecular complexity index is 1380. The van der Waals surface area contributed by atoms with E-state index in [4.69, 9.17) is 4.74 Å². The van der Waals surface area contributed by atoms with Gasteiger partial charge in [-0.1, -0.05) is 46.3 Å². The molecule has 0 bridgehead atoms. The van der Waals surface area contributed by atoms with E-state index in [2.05, 4.69) is 42.0 Å². The number of carbonyl (C=O) groups is 3. The quantitative estimate of drug-likeness (QED) is 0.390. The fourth-order valence-electron chi connectivity index (χ4n) is 5.00. The molecule has 3 aromatic rings. The molecule has 2 heterocycles. The molecule has 3 atom stereocenters. The van der Waals surface area contributed by atoms with Crippen molar-refractivity contribution in [1.29, 1.82) is 0 Å². The van der Waals surface area contributed by atoms with Gasteiger partial charge >= 0.3 is 6.09 Å². The van der Waals surface area contributed by atoms with Gasteiger partial charge < -0.3 is 15.4 Å². The molecule has 0 radical (unpaired) electrons. The maximum atomic E-state index is 13.4. The molecule has 218 valence electrons. The standard InChI is InChI=1S/C29H36BrN7O4/c1-18-11-23(30)14-22(25(18)37-33-17-32-35-37)15-31-26(38)19(2)34-27(39)24-13-21(12-20-9-7-6-8-10-20)16-36(24)28(40)41-29(3,4)5/h6-11,14,17,19,21,24H,12-13,15-16H2,1-5H3,(H,31,38)(H,34,39)/t19-,21-,24+/m0/s1. The Kier molecular flexibility index (Phi) is 9.42. The third-order valence-electron chi connectivity index (χ3n) is 6.78. The molecule has 2 N–H and O–H groups in total. The number of aryl methyl sites for hydroxylation is 1. The summed E-state index contributed by atoms with van der Waals surface area (Å²) < 4.78 is 6.45. The van der Waals surface area contributed by atoms with Crippen LogP contribution >= 0.6 is 15.9 Å². The molecule has 4 rings (SSSR count). The van der Waals surface area contributed by atoms with Crippen molar-refractivity contribution < 1.29 is 19.1 Å². The van der Waals surface area contributed by atoms with E-state index in [-0.39, 0.29) is 24.3 Å². The van der Waals surface area contributed by atoms with Gasteiger partial charge in [0.2, 0.25) is 11.8 Å². The van der Waals surface area contributed by atoms with Crippen molar-refractivity contribution in [3.8, 4) is 5.69 Å². The maximum absolute atomic E-state index is 13.4. The molecular formula is C29H36BrN7O4. The van der Waals surface area contributed by atoms with E-state index in [0.717, 1.165) is 27.6 Å². The summed E-state index contributed by atoms with van der Waals surface area (Å²) in [7, 11) is 0. The zero-order valence-corrected chi connectivity index (χ0v) is 25.5. The minimum absolute atomic E-state index is 0.0772. The zero-order valence-electron chi connectivity index (χ0n) is 23.9. The topological polar surface area (TPSA) is 131 Å². The molecule has 2 aromatic carbocycles. The van der Waals surface area contributed by atoms with Crippen LogP contribution in [0.25, 0.3) is 5.69 Å². The fourth-order valence-corrected chi connectivity index (χ4v) is 5.61. The molecule has 41 heavy (non-hydrogen) atoms. The van der Waals surface area contributed by atoms with Crippen molar-refractivity contribution in [2.45, 2.75) is 71.7 Å². The van der Waals surface area contributed by atoms with Crippen molar-refractivity contribution >= 4 is 33.8 Å². The largest absolute Gasteiger partial charge is 0.444 e. The van der Waals surface area contributed by atoms with Crippen LogP contribution in [0.5, 0.6) is 0 Å². The van der Waals surface area contributed by atoms with Gasteiger partial charge in [0.15, 0.2) is 6.33 Å². The average Bonchev–Trinajstić information content (AvgIpc) is 3.57. The molecule has 1 aliphatic rings. The summed E-state index contributed by atoms with van der Waals surface area (Å²) in [5.74, 6) is -0.676. The van der Waals surface area contributed by atoms with Crippen LogP contribution in [0.1, 0.15) is 50.8 Å². The number of nitrogens with zero attached hydrogens (tertiary/aromatic N) is 5. The third-order valence-corrected chi connectivity index (χ3v) is 7.24. The monoisotopic (exact) mass is 625 g/mol. The highest BCUT2D eigenvalue weighted by Gasteiger charge is 2.42. The SMILES string of the molecule is Cc1cc(Br)cc(CNC(=O)[C@H](C)NC(=O)[C@H]2C[C@H](Cc3ccccc3)CN2C(=O)OC(C)(C)C)c1-n1ncnn1. The fraction of sp³-hybridized carbons (Fsp3) is 0.448. The lowest BCUT2D eigenvalue weighted by Gasteiger charge is -2.28. The number of hydrogen-bond acceptors (Lipinski definition) is 7. The highest BCUT2D eigenvalue weighted by molar-refractivity contribution is 9.10. The van der Waals surface area contributed by atoms with Crippen LogP contribution in [-0.4, -0.2) is 67.2 Å². The van der Waals surface area contributed by atoms with E-state index in [1.165, 1.54) is 16.0 Å². The first-order chi connectivity index (χ1) is 19.4. The second-order valence-electron chi connectivity index (χ2n) is 11.3. The van der Waals surface area contributed by atoms with Crippen molar-refractivity contribution in [2.75, 3.05) is 6.54 Å². The molecular weight excluding hydrogens is 590 g/mol. The van der Waals surface area contributed by atoms with Gasteiger partial charge in [-0.2, -0.15) is 0 Å². The summed E-state index contributed by atoms with van der Waals surface area (Å²) in [4.78, 5) is 42.4. The molecule has 0 saturated carbocycles. The summed E-state index contributed by atoms with van der Waals surface area (Å²) >= 11 is 3.50. The Labute approximate surface area is 248 Å². The first kappa shape index (κ1) is 30.2. The molecule has 1 aliphatic heterocycles. The van der Waals surface area contributed by atoms with Gasteiger partial charge in [-0.3, -0.25) is 14.5 Å². The number of tetrazole rings is 1. The molecule has 0 spiro atoms. The first-order valence-corrected chi connectivity index (χ1v) is 14.3. The Morgan fingerprint density at radius 3 is 2.56 bits per heavy atom. The number of halogens is 1. The van der Waals surface area contributed by atoms with E-state index in [9.17, 15) is 14.4 Å². The van der Waals surface area contributed by atoms with Gasteiger partial charge in [0, 0.05) is 23.1 Å². The van der Waals surface area contributed by atoms with Crippen molar-refractivity contribution in [2.24, 2.45) is 5.92 Å². The molecule has 1 saturated heterocycles. The van der Waals surface area contributed by atoms with Gasteiger partial charge in [-0.15, -0.1) is 15.0 Å². The minimum atomic E-state index is -0.836. The number of ether oxygens (including phenoxy) is 1. The van der Waals surface area contributed by atoms with E-state index >= 15 is 0 Å². The number of likely N-dealkylation sites (tertiary alicyclic amines) is 1. The smallest absolute Gasteiger partial charge is 0.410 e. The molecule has 3 amide bonds. The summed E-state index contributed by atoms with van der Waals surface area (Å²) in [6.45, 7) is 9.49. The summed E-state index contributed by atoms with van der Waals surface area (Å²) in [6, 6.07) is 12.2. The second kappa shape index (κ2) is 12.8. The summed E-state index contributed by atoms with van der Waals surface area (Å²) in [6.07, 6.45) is 2.01. The van der Waals surface area contributed by atoms with Crippen LogP contribution in [0.2, 0.25) is 0 Å².